The first-order valence-corrected chi connectivity index (χ1v) is 16.9. The van der Waals surface area contributed by atoms with Crippen molar-refractivity contribution in [1.82, 2.24) is 4.90 Å². The third-order valence-corrected chi connectivity index (χ3v) is 8.53. The molecule has 1 fully saturated rings. The van der Waals surface area contributed by atoms with Crippen LogP contribution >= 0.6 is 0 Å². The number of carbonyl (C=O) groups excluding carboxylic acids is 2. The maximum Gasteiger partial charge on any atom is 0.410 e. The number of nitrogens with zero attached hydrogens (tertiary/aromatic N) is 1. The number of carbonyl (C=O) groups is 2. The van der Waals surface area contributed by atoms with E-state index in [0.717, 1.165) is 25.8 Å². The van der Waals surface area contributed by atoms with Crippen molar-refractivity contribution in [3.63, 3.8) is 0 Å². The van der Waals surface area contributed by atoms with Gasteiger partial charge in [-0.2, -0.15) is 0 Å². The Hall–Kier alpha value is -4.38. The van der Waals surface area contributed by atoms with Crippen molar-refractivity contribution in [2.75, 3.05) is 13.2 Å². The molecule has 2 atom stereocenters. The third-order valence-electron chi connectivity index (χ3n) is 8.53. The molecule has 5 heteroatoms. The van der Waals surface area contributed by atoms with Crippen LogP contribution < -0.4 is 5.73 Å². The molecule has 1 aliphatic heterocycles. The minimum Gasteiger partial charge on any atom is -0.448 e. The maximum absolute atomic E-state index is 12.4. The first-order valence-electron chi connectivity index (χ1n) is 16.9. The van der Waals surface area contributed by atoms with Crippen LogP contribution in [0.2, 0.25) is 0 Å². The molecule has 3 aliphatic carbocycles. The summed E-state index contributed by atoms with van der Waals surface area (Å²) in [7, 11) is 0. The van der Waals surface area contributed by atoms with E-state index in [0.29, 0.717) is 12.6 Å². The maximum atomic E-state index is 12.4. The zero-order chi connectivity index (χ0) is 33.1. The number of aryl methyl sites for hydroxylation is 3. The Labute approximate surface area is 276 Å². The summed E-state index contributed by atoms with van der Waals surface area (Å²) in [6.45, 7) is 9.41. The molecule has 0 spiro atoms. The number of amides is 2. The van der Waals surface area contributed by atoms with E-state index >= 15 is 0 Å². The number of hydrogen-bond acceptors (Lipinski definition) is 3. The van der Waals surface area contributed by atoms with E-state index in [1.807, 2.05) is 36.9 Å². The number of ether oxygens (including phenoxy) is 1. The highest BCUT2D eigenvalue weighted by molar-refractivity contribution is 5.86. The van der Waals surface area contributed by atoms with Crippen molar-refractivity contribution in [3.8, 4) is 0 Å². The third kappa shape index (κ3) is 10.3. The van der Waals surface area contributed by atoms with Crippen molar-refractivity contribution in [1.29, 1.82) is 0 Å². The lowest BCUT2D eigenvalue weighted by molar-refractivity contribution is -0.106. The van der Waals surface area contributed by atoms with Crippen LogP contribution in [0.3, 0.4) is 0 Å². The highest BCUT2D eigenvalue weighted by Crippen LogP contribution is 2.44. The lowest BCUT2D eigenvalue weighted by Crippen LogP contribution is -2.34. The molecular weight excluding hydrogens is 568 g/mol. The van der Waals surface area contributed by atoms with Crippen LogP contribution in [0.15, 0.2) is 109 Å². The van der Waals surface area contributed by atoms with E-state index in [9.17, 15) is 4.79 Å². The normalized spacial score (nSPS) is 18.2. The predicted octanol–water partition coefficient (Wildman–Crippen LogP) is 9.36. The molecule has 7 rings (SSSR count). The van der Waals surface area contributed by atoms with Gasteiger partial charge in [-0.15, -0.1) is 0 Å². The lowest BCUT2D eigenvalue weighted by atomic mass is 9.92. The molecule has 2 unspecified atom stereocenters. The molecular formula is C41H52N2O3. The number of benzene rings is 3. The smallest absolute Gasteiger partial charge is 0.410 e. The van der Waals surface area contributed by atoms with E-state index in [-0.39, 0.29) is 18.4 Å². The Morgan fingerprint density at radius 1 is 0.870 bits per heavy atom. The van der Waals surface area contributed by atoms with Gasteiger partial charge in [0.2, 0.25) is 6.41 Å². The van der Waals surface area contributed by atoms with Gasteiger partial charge >= 0.3 is 6.09 Å². The second-order valence-corrected chi connectivity index (χ2v) is 11.6. The summed E-state index contributed by atoms with van der Waals surface area (Å²) in [6.07, 6.45) is 17.3. The number of allylic oxidation sites excluding steroid dienone is 5. The minimum absolute atomic E-state index is 0.136. The number of fused-ring (bicyclic) bond motifs is 3. The fraction of sp³-hybridized carbons (Fsp3) is 0.366. The summed E-state index contributed by atoms with van der Waals surface area (Å²) in [5.41, 5.74) is 13.7. The van der Waals surface area contributed by atoms with E-state index in [1.54, 1.807) is 11.1 Å². The Kier molecular flexibility index (Phi) is 15.6. The van der Waals surface area contributed by atoms with Gasteiger partial charge in [-0.05, 0) is 92.2 Å². The molecule has 1 heterocycles. The topological polar surface area (TPSA) is 72.6 Å². The van der Waals surface area contributed by atoms with Gasteiger partial charge in [0.15, 0.2) is 0 Å². The summed E-state index contributed by atoms with van der Waals surface area (Å²) in [5.74, 6) is 0.136. The SMILES string of the molecule is CC.CC1CCCN1C(=O)OCC1C2=C(C=CCC=C2)c2ccccc21.Cc1ccccc1.NC=O.c1ccc2c(c1)CCCC2. The molecule has 2 N–H and O–H groups in total. The number of likely N-dealkylation sites (tertiary alicyclic amines) is 1. The lowest BCUT2D eigenvalue weighted by Gasteiger charge is -2.22. The van der Waals surface area contributed by atoms with Gasteiger partial charge in [-0.25, -0.2) is 4.79 Å². The molecule has 2 amide bonds. The van der Waals surface area contributed by atoms with E-state index in [2.05, 4.69) is 105 Å². The molecule has 244 valence electrons. The Bertz CT molecular complexity index is 1430. The van der Waals surface area contributed by atoms with Crippen molar-refractivity contribution in [3.05, 3.63) is 137 Å². The van der Waals surface area contributed by atoms with Gasteiger partial charge in [0.25, 0.3) is 0 Å². The molecule has 46 heavy (non-hydrogen) atoms. The second-order valence-electron chi connectivity index (χ2n) is 11.6. The summed E-state index contributed by atoms with van der Waals surface area (Å²) < 4.78 is 5.72. The van der Waals surface area contributed by atoms with Crippen LogP contribution in [0, 0.1) is 6.92 Å². The first kappa shape index (κ1) is 36.1. The van der Waals surface area contributed by atoms with Crippen molar-refractivity contribution >= 4 is 18.1 Å². The molecule has 3 aromatic carbocycles. The van der Waals surface area contributed by atoms with Crippen molar-refractivity contribution in [2.45, 2.75) is 84.6 Å². The monoisotopic (exact) mass is 620 g/mol. The fourth-order valence-electron chi connectivity index (χ4n) is 6.24. The standard InChI is InChI=1S/C21H23NO2.C10H12.C7H8.C2H6.CH3NO/c1-15-8-7-13-22(15)21(23)24-14-20-18-10-4-2-3-9-16(18)17-11-5-6-12-19(17)20;1-2-6-10-8-4-3-7-9(10)5-1;1-7-5-3-2-4-6-7;1-2;2-1-3/h3-6,9-12,15,20H,2,7-8,13-14H2,1H3;1-2,5-6H,3-4,7-8H2;2-6H,1H3;1-2H3;1H,(H2,2,3). The largest absolute Gasteiger partial charge is 0.448 e. The van der Waals surface area contributed by atoms with Crippen LogP contribution in [-0.2, 0) is 22.4 Å². The zero-order valence-electron chi connectivity index (χ0n) is 28.2. The number of primary amides is 1. The average molecular weight is 621 g/mol. The Morgan fingerprint density at radius 3 is 2.04 bits per heavy atom. The highest BCUT2D eigenvalue weighted by Gasteiger charge is 2.32. The number of nitrogens with two attached hydrogens (primary N) is 1. The van der Waals surface area contributed by atoms with Crippen LogP contribution in [0.1, 0.15) is 86.6 Å². The van der Waals surface area contributed by atoms with Gasteiger partial charge in [0, 0.05) is 18.5 Å². The molecule has 0 aromatic heterocycles. The zero-order valence-corrected chi connectivity index (χ0v) is 28.2. The summed E-state index contributed by atoms with van der Waals surface area (Å²) in [5, 5.41) is 0. The van der Waals surface area contributed by atoms with Crippen molar-refractivity contribution in [2.24, 2.45) is 5.73 Å². The molecule has 0 bridgehead atoms. The second kappa shape index (κ2) is 19.9. The number of hydrogen-bond donors (Lipinski definition) is 1. The molecule has 4 aliphatic rings. The molecule has 5 nitrogen and oxygen atoms in total. The van der Waals surface area contributed by atoms with Crippen LogP contribution in [-0.4, -0.2) is 36.6 Å². The molecule has 3 aromatic rings. The van der Waals surface area contributed by atoms with Crippen LogP contribution in [0.25, 0.3) is 5.57 Å². The molecule has 0 radical (unpaired) electrons. The number of rotatable bonds is 2. The summed E-state index contributed by atoms with van der Waals surface area (Å²) >= 11 is 0. The van der Waals surface area contributed by atoms with E-state index < -0.39 is 0 Å². The minimum atomic E-state index is -0.167. The Balaban J connectivity index is 0.000000214. The summed E-state index contributed by atoms with van der Waals surface area (Å²) in [4.78, 5) is 22.9. The summed E-state index contributed by atoms with van der Waals surface area (Å²) in [6, 6.07) is 27.8. The van der Waals surface area contributed by atoms with Gasteiger partial charge in [0.1, 0.15) is 6.61 Å². The van der Waals surface area contributed by atoms with Crippen LogP contribution in [0.5, 0.6) is 0 Å². The molecule has 0 saturated carbocycles. The predicted molar refractivity (Wildman–Crippen MR) is 192 cm³/mol. The van der Waals surface area contributed by atoms with Gasteiger partial charge < -0.3 is 15.4 Å². The van der Waals surface area contributed by atoms with Gasteiger partial charge in [-0.1, -0.05) is 123 Å². The highest BCUT2D eigenvalue weighted by atomic mass is 16.6. The first-order chi connectivity index (χ1) is 22.5. The average Bonchev–Trinajstić information content (AvgIpc) is 3.56. The van der Waals surface area contributed by atoms with Gasteiger partial charge in [0.05, 0.1) is 0 Å². The van der Waals surface area contributed by atoms with E-state index in [4.69, 9.17) is 9.53 Å². The quantitative estimate of drug-likeness (QED) is 0.290. The van der Waals surface area contributed by atoms with E-state index in [1.165, 1.54) is 53.5 Å². The van der Waals surface area contributed by atoms with Crippen molar-refractivity contribution < 1.29 is 14.3 Å². The fourth-order valence-corrected chi connectivity index (χ4v) is 6.24. The Morgan fingerprint density at radius 2 is 1.46 bits per heavy atom. The van der Waals surface area contributed by atoms with Gasteiger partial charge in [-0.3, -0.25) is 4.79 Å². The molecule has 1 saturated heterocycles. The van der Waals surface area contributed by atoms with Crippen LogP contribution in [0.4, 0.5) is 4.79 Å².